The normalized spacial score (nSPS) is 21.7. The van der Waals surface area contributed by atoms with Crippen LogP contribution in [0.25, 0.3) is 0 Å². The predicted octanol–water partition coefficient (Wildman–Crippen LogP) is 6.69. The van der Waals surface area contributed by atoms with Crippen LogP contribution in [0.3, 0.4) is 0 Å². The molecule has 0 bridgehead atoms. The summed E-state index contributed by atoms with van der Waals surface area (Å²) in [5.74, 6) is 0.439. The van der Waals surface area contributed by atoms with E-state index in [1.165, 1.54) is 70.6 Å². The minimum atomic E-state index is -0.312. The van der Waals surface area contributed by atoms with Crippen molar-refractivity contribution in [3.8, 4) is 0 Å². The first-order chi connectivity index (χ1) is 13.2. The van der Waals surface area contributed by atoms with Crippen LogP contribution >= 0.6 is 0 Å². The summed E-state index contributed by atoms with van der Waals surface area (Å²) in [7, 11) is 0. The summed E-state index contributed by atoms with van der Waals surface area (Å²) in [4.78, 5) is 12.0. The highest BCUT2D eigenvalue weighted by Crippen LogP contribution is 2.48. The number of hydrogen-bond donors (Lipinski definition) is 1. The molecule has 1 aliphatic rings. The fourth-order valence-electron chi connectivity index (χ4n) is 3.91. The molecule has 158 valence electrons. The van der Waals surface area contributed by atoms with E-state index in [4.69, 9.17) is 10.5 Å². The minimum absolute atomic E-state index is 0.0472. The van der Waals surface area contributed by atoms with Gasteiger partial charge in [-0.05, 0) is 44.9 Å². The maximum Gasteiger partial charge on any atom is 0.306 e. The SMILES string of the molecule is CCCCCCCCC=CCCCCCCCC(=O)OC1(CN)CC1CC. The first-order valence-electron chi connectivity index (χ1n) is 11.8. The lowest BCUT2D eigenvalue weighted by Crippen LogP contribution is -2.30. The molecule has 1 aliphatic carbocycles. The van der Waals surface area contributed by atoms with Crippen molar-refractivity contribution in [1.82, 2.24) is 0 Å². The summed E-state index contributed by atoms with van der Waals surface area (Å²) < 4.78 is 5.65. The van der Waals surface area contributed by atoms with Crippen molar-refractivity contribution in [2.75, 3.05) is 6.54 Å². The van der Waals surface area contributed by atoms with Crippen LogP contribution in [0, 0.1) is 5.92 Å². The van der Waals surface area contributed by atoms with E-state index < -0.39 is 0 Å². The zero-order chi connectivity index (χ0) is 19.8. The molecule has 1 saturated carbocycles. The number of rotatable bonds is 18. The molecule has 3 heteroatoms. The molecule has 0 heterocycles. The second-order valence-electron chi connectivity index (χ2n) is 8.39. The van der Waals surface area contributed by atoms with Crippen LogP contribution in [0.1, 0.15) is 117 Å². The lowest BCUT2D eigenvalue weighted by Gasteiger charge is -2.16. The number of unbranched alkanes of at least 4 members (excludes halogenated alkanes) is 11. The van der Waals surface area contributed by atoms with Crippen molar-refractivity contribution < 1.29 is 9.53 Å². The van der Waals surface area contributed by atoms with Gasteiger partial charge in [0.1, 0.15) is 5.60 Å². The predicted molar refractivity (Wildman–Crippen MR) is 116 cm³/mol. The smallest absolute Gasteiger partial charge is 0.306 e. The van der Waals surface area contributed by atoms with Crippen molar-refractivity contribution in [3.63, 3.8) is 0 Å². The molecule has 2 atom stereocenters. The number of nitrogens with two attached hydrogens (primary N) is 1. The lowest BCUT2D eigenvalue weighted by molar-refractivity contribution is -0.151. The molecule has 2 unspecified atom stereocenters. The van der Waals surface area contributed by atoms with Crippen molar-refractivity contribution in [3.05, 3.63) is 12.2 Å². The third-order valence-corrected chi connectivity index (χ3v) is 5.97. The van der Waals surface area contributed by atoms with Crippen molar-refractivity contribution >= 4 is 5.97 Å². The molecular weight excluding hydrogens is 334 g/mol. The van der Waals surface area contributed by atoms with Gasteiger partial charge in [0.2, 0.25) is 0 Å². The lowest BCUT2D eigenvalue weighted by atomic mass is 10.1. The average Bonchev–Trinajstić information content (AvgIpc) is 3.38. The largest absolute Gasteiger partial charge is 0.457 e. The molecule has 0 amide bonds. The van der Waals surface area contributed by atoms with E-state index >= 15 is 0 Å². The van der Waals surface area contributed by atoms with Gasteiger partial charge in [0.25, 0.3) is 0 Å². The highest BCUT2D eigenvalue weighted by Gasteiger charge is 2.55. The van der Waals surface area contributed by atoms with Gasteiger partial charge >= 0.3 is 5.97 Å². The maximum atomic E-state index is 12.0. The van der Waals surface area contributed by atoms with Crippen LogP contribution in [0.2, 0.25) is 0 Å². The van der Waals surface area contributed by atoms with Crippen LogP contribution in [-0.4, -0.2) is 18.1 Å². The summed E-state index contributed by atoms with van der Waals surface area (Å²) in [6, 6.07) is 0. The van der Waals surface area contributed by atoms with E-state index in [9.17, 15) is 4.79 Å². The Hall–Kier alpha value is -0.830. The monoisotopic (exact) mass is 379 g/mol. The molecular formula is C24H45NO2. The minimum Gasteiger partial charge on any atom is -0.457 e. The number of carbonyl (C=O) groups excluding carboxylic acids is 1. The molecule has 0 spiro atoms. The first kappa shape index (κ1) is 24.2. The van der Waals surface area contributed by atoms with Gasteiger partial charge in [-0.15, -0.1) is 0 Å². The molecule has 0 aromatic rings. The Morgan fingerprint density at radius 3 is 2.00 bits per heavy atom. The third-order valence-electron chi connectivity index (χ3n) is 5.97. The van der Waals surface area contributed by atoms with E-state index in [1.54, 1.807) is 0 Å². The van der Waals surface area contributed by atoms with Crippen LogP contribution in [-0.2, 0) is 9.53 Å². The van der Waals surface area contributed by atoms with Crippen LogP contribution < -0.4 is 5.73 Å². The molecule has 3 nitrogen and oxygen atoms in total. The standard InChI is InChI=1S/C24H45NO2/c1-3-5-6-7-8-9-10-11-12-13-14-15-16-17-18-19-23(26)27-24(21-25)20-22(24)4-2/h11-12,22H,3-10,13-21,25H2,1-2H3. The van der Waals surface area contributed by atoms with E-state index in [0.29, 0.717) is 18.9 Å². The Morgan fingerprint density at radius 2 is 1.48 bits per heavy atom. The second kappa shape index (κ2) is 15.1. The Labute approximate surface area is 168 Å². The van der Waals surface area contributed by atoms with Crippen molar-refractivity contribution in [1.29, 1.82) is 0 Å². The number of hydrogen-bond acceptors (Lipinski definition) is 3. The van der Waals surface area contributed by atoms with Gasteiger partial charge in [0.15, 0.2) is 0 Å². The number of allylic oxidation sites excluding steroid dienone is 2. The topological polar surface area (TPSA) is 52.3 Å². The maximum absolute atomic E-state index is 12.0. The molecule has 2 N–H and O–H groups in total. The quantitative estimate of drug-likeness (QED) is 0.164. The average molecular weight is 380 g/mol. The van der Waals surface area contributed by atoms with Gasteiger partial charge < -0.3 is 10.5 Å². The number of carbonyl (C=O) groups is 1. The Morgan fingerprint density at radius 1 is 0.926 bits per heavy atom. The first-order valence-corrected chi connectivity index (χ1v) is 11.8. The molecule has 0 aromatic carbocycles. The molecule has 0 aromatic heterocycles. The molecule has 0 radical (unpaired) electrons. The highest BCUT2D eigenvalue weighted by molar-refractivity contribution is 5.70. The van der Waals surface area contributed by atoms with Gasteiger partial charge in [0, 0.05) is 18.9 Å². The Bertz CT molecular complexity index is 407. The van der Waals surface area contributed by atoms with Crippen molar-refractivity contribution in [2.24, 2.45) is 11.7 Å². The van der Waals surface area contributed by atoms with E-state index in [0.717, 1.165) is 25.7 Å². The number of ether oxygens (including phenoxy) is 1. The van der Waals surface area contributed by atoms with E-state index in [2.05, 4.69) is 26.0 Å². The second-order valence-corrected chi connectivity index (χ2v) is 8.39. The molecule has 0 aliphatic heterocycles. The summed E-state index contributed by atoms with van der Waals surface area (Å²) in [6.07, 6.45) is 23.8. The zero-order valence-electron chi connectivity index (χ0n) is 18.1. The summed E-state index contributed by atoms with van der Waals surface area (Å²) in [5.41, 5.74) is 5.47. The van der Waals surface area contributed by atoms with E-state index in [-0.39, 0.29) is 11.6 Å². The summed E-state index contributed by atoms with van der Waals surface area (Å²) in [5, 5.41) is 0. The van der Waals surface area contributed by atoms with Gasteiger partial charge in [-0.2, -0.15) is 0 Å². The highest BCUT2D eigenvalue weighted by atomic mass is 16.6. The molecule has 1 fully saturated rings. The molecule has 27 heavy (non-hydrogen) atoms. The molecule has 1 rings (SSSR count). The summed E-state index contributed by atoms with van der Waals surface area (Å²) in [6.45, 7) is 4.88. The van der Waals surface area contributed by atoms with Crippen LogP contribution in [0.4, 0.5) is 0 Å². The van der Waals surface area contributed by atoms with Gasteiger partial charge in [-0.3, -0.25) is 4.79 Å². The van der Waals surface area contributed by atoms with Crippen LogP contribution in [0.5, 0.6) is 0 Å². The van der Waals surface area contributed by atoms with Gasteiger partial charge in [-0.25, -0.2) is 0 Å². The zero-order valence-corrected chi connectivity index (χ0v) is 18.1. The van der Waals surface area contributed by atoms with Gasteiger partial charge in [0.05, 0.1) is 0 Å². The third kappa shape index (κ3) is 10.9. The number of esters is 1. The van der Waals surface area contributed by atoms with Crippen LogP contribution in [0.15, 0.2) is 12.2 Å². The summed E-state index contributed by atoms with van der Waals surface area (Å²) >= 11 is 0. The fourth-order valence-corrected chi connectivity index (χ4v) is 3.91. The Kier molecular flexibility index (Phi) is 13.6. The van der Waals surface area contributed by atoms with Gasteiger partial charge in [-0.1, -0.05) is 77.4 Å². The molecule has 0 saturated heterocycles. The van der Waals surface area contributed by atoms with Crippen molar-refractivity contribution in [2.45, 2.75) is 122 Å². The Balaban J connectivity index is 1.85. The fraction of sp³-hybridized carbons (Fsp3) is 0.875. The van der Waals surface area contributed by atoms with E-state index in [1.807, 2.05) is 0 Å².